The summed E-state index contributed by atoms with van der Waals surface area (Å²) < 4.78 is 5.24. The molecule has 5 heteroatoms. The molecule has 3 aromatic rings. The maximum atomic E-state index is 10.5. The van der Waals surface area contributed by atoms with Gasteiger partial charge < -0.3 is 9.84 Å². The van der Waals surface area contributed by atoms with E-state index in [1.54, 1.807) is 7.11 Å². The van der Waals surface area contributed by atoms with Crippen molar-refractivity contribution in [3.05, 3.63) is 42.0 Å². The van der Waals surface area contributed by atoms with Gasteiger partial charge in [0.25, 0.3) is 0 Å². The van der Waals surface area contributed by atoms with Gasteiger partial charge in [0.05, 0.1) is 7.11 Å². The van der Waals surface area contributed by atoms with Gasteiger partial charge in [-0.3, -0.25) is 0 Å². The van der Waals surface area contributed by atoms with Crippen molar-refractivity contribution >= 4 is 11.0 Å². The van der Waals surface area contributed by atoms with Crippen molar-refractivity contribution in [2.45, 2.75) is 77.6 Å². The summed E-state index contributed by atoms with van der Waals surface area (Å²) in [5.41, 5.74) is 3.26. The molecule has 0 bridgehead atoms. The third kappa shape index (κ3) is 6.22. The first-order chi connectivity index (χ1) is 14.7. The number of phenolic OH excluding ortho intramolecular Hbond substituents is 1. The molecule has 0 saturated carbocycles. The van der Waals surface area contributed by atoms with Crippen LogP contribution in [0.5, 0.6) is 11.5 Å². The van der Waals surface area contributed by atoms with E-state index in [-0.39, 0.29) is 5.75 Å². The van der Waals surface area contributed by atoms with Crippen molar-refractivity contribution in [1.29, 1.82) is 0 Å². The third-order valence-corrected chi connectivity index (χ3v) is 5.66. The number of hydrogen-bond donors (Lipinski definition) is 1. The number of unbranched alkanes of at least 4 members (excludes halogenated alkanes) is 9. The third-order valence-electron chi connectivity index (χ3n) is 5.66. The molecule has 162 valence electrons. The predicted octanol–water partition coefficient (Wildman–Crippen LogP) is 6.60. The number of rotatable bonds is 13. The summed E-state index contributed by atoms with van der Waals surface area (Å²) in [6, 6.07) is 11.4. The molecule has 0 fully saturated rings. The average molecular weight is 410 g/mol. The lowest BCUT2D eigenvalue weighted by Gasteiger charge is -2.07. The van der Waals surface area contributed by atoms with Gasteiger partial charge in [0, 0.05) is 6.07 Å². The van der Waals surface area contributed by atoms with E-state index in [2.05, 4.69) is 23.2 Å². The van der Waals surface area contributed by atoms with Crippen LogP contribution in [0.25, 0.3) is 16.7 Å². The lowest BCUT2D eigenvalue weighted by molar-refractivity contribution is 0.415. The number of fused-ring (bicyclic) bond motifs is 1. The van der Waals surface area contributed by atoms with Crippen molar-refractivity contribution in [1.82, 2.24) is 15.0 Å². The van der Waals surface area contributed by atoms with Crippen LogP contribution in [-0.4, -0.2) is 27.2 Å². The highest BCUT2D eigenvalue weighted by atomic mass is 16.5. The predicted molar refractivity (Wildman–Crippen MR) is 123 cm³/mol. The number of nitrogens with zero attached hydrogens (tertiary/aromatic N) is 3. The van der Waals surface area contributed by atoms with Gasteiger partial charge in [-0.1, -0.05) is 70.8 Å². The molecule has 1 N–H and O–H groups in total. The first kappa shape index (κ1) is 22.1. The molecule has 0 amide bonds. The molecule has 0 spiro atoms. The van der Waals surface area contributed by atoms with Gasteiger partial charge in [-0.05, 0) is 42.7 Å². The average Bonchev–Trinajstić information content (AvgIpc) is 3.18. The Morgan fingerprint density at radius 3 is 2.13 bits per heavy atom. The van der Waals surface area contributed by atoms with Gasteiger partial charge in [0.1, 0.15) is 28.2 Å². The Morgan fingerprint density at radius 2 is 1.47 bits per heavy atom. The number of aromatic nitrogens is 3. The topological polar surface area (TPSA) is 60.2 Å². The zero-order valence-electron chi connectivity index (χ0n) is 18.4. The van der Waals surface area contributed by atoms with Gasteiger partial charge in [0.15, 0.2) is 0 Å². The second-order valence-corrected chi connectivity index (χ2v) is 8.10. The van der Waals surface area contributed by atoms with E-state index in [0.29, 0.717) is 5.69 Å². The van der Waals surface area contributed by atoms with E-state index in [9.17, 15) is 5.11 Å². The number of aryl methyl sites for hydroxylation is 1. The maximum absolute atomic E-state index is 10.5. The van der Waals surface area contributed by atoms with Gasteiger partial charge in [-0.2, -0.15) is 0 Å². The monoisotopic (exact) mass is 409 g/mol. The van der Waals surface area contributed by atoms with Gasteiger partial charge in [-0.25, -0.2) is 0 Å². The molecule has 0 aliphatic heterocycles. The van der Waals surface area contributed by atoms with Crippen LogP contribution in [0.15, 0.2) is 36.4 Å². The Kier molecular flexibility index (Phi) is 8.54. The first-order valence-electron chi connectivity index (χ1n) is 11.4. The van der Waals surface area contributed by atoms with Crippen LogP contribution in [0.3, 0.4) is 0 Å². The highest BCUT2D eigenvalue weighted by molar-refractivity contribution is 5.75. The number of phenols is 1. The lowest BCUT2D eigenvalue weighted by Crippen LogP contribution is -1.99. The molecule has 1 heterocycles. The summed E-state index contributed by atoms with van der Waals surface area (Å²) in [4.78, 5) is 1.49. The summed E-state index contributed by atoms with van der Waals surface area (Å²) in [6.45, 7) is 2.26. The highest BCUT2D eigenvalue weighted by Crippen LogP contribution is 2.25. The zero-order valence-corrected chi connectivity index (χ0v) is 18.4. The standard InChI is InChI=1S/C25H35N3O2/c1-3-4-5-6-7-8-9-10-11-12-13-20-14-17-24(25(29)18-20)28-26-22-16-15-21(30-2)19-23(22)27-28/h14-19,29H,3-13H2,1-2H3. The van der Waals surface area contributed by atoms with Crippen LogP contribution < -0.4 is 4.74 Å². The molecule has 5 nitrogen and oxygen atoms in total. The fraction of sp³-hybridized carbons (Fsp3) is 0.520. The summed E-state index contributed by atoms with van der Waals surface area (Å²) in [5.74, 6) is 0.956. The Hall–Kier alpha value is -2.56. The van der Waals surface area contributed by atoms with Crippen LogP contribution in [0.2, 0.25) is 0 Å². The van der Waals surface area contributed by atoms with Crippen LogP contribution in [0, 0.1) is 0 Å². The van der Waals surface area contributed by atoms with E-state index < -0.39 is 0 Å². The van der Waals surface area contributed by atoms with Crippen LogP contribution in [0.1, 0.15) is 76.7 Å². The fourth-order valence-electron chi connectivity index (χ4n) is 3.84. The Bertz CT molecular complexity index is 920. The Labute approximate surface area is 180 Å². The molecule has 0 radical (unpaired) electrons. The van der Waals surface area contributed by atoms with Gasteiger partial charge in [-0.15, -0.1) is 15.0 Å². The Balaban J connectivity index is 1.45. The van der Waals surface area contributed by atoms with Crippen LogP contribution in [-0.2, 0) is 6.42 Å². The lowest BCUT2D eigenvalue weighted by atomic mass is 10.0. The molecular weight excluding hydrogens is 374 g/mol. The summed E-state index contributed by atoms with van der Waals surface area (Å²) in [5, 5.41) is 19.4. The second-order valence-electron chi connectivity index (χ2n) is 8.10. The van der Waals surface area contributed by atoms with Crippen molar-refractivity contribution < 1.29 is 9.84 Å². The minimum atomic E-state index is 0.215. The van der Waals surface area contributed by atoms with E-state index in [1.165, 1.54) is 69.0 Å². The smallest absolute Gasteiger partial charge is 0.143 e. The Morgan fingerprint density at radius 1 is 0.800 bits per heavy atom. The number of hydrogen-bond acceptors (Lipinski definition) is 4. The SMILES string of the molecule is CCCCCCCCCCCCc1ccc(-n2nc3ccc(OC)cc3n2)c(O)c1. The second kappa shape index (κ2) is 11.6. The molecular formula is C25H35N3O2. The number of aromatic hydroxyl groups is 1. The molecule has 1 aromatic heterocycles. The molecule has 3 rings (SSSR count). The quantitative estimate of drug-likeness (QED) is 0.323. The maximum Gasteiger partial charge on any atom is 0.143 e. The zero-order chi connectivity index (χ0) is 21.2. The molecule has 0 unspecified atom stereocenters. The molecule has 0 atom stereocenters. The van der Waals surface area contributed by atoms with E-state index in [4.69, 9.17) is 4.74 Å². The van der Waals surface area contributed by atoms with E-state index in [0.717, 1.165) is 28.8 Å². The van der Waals surface area contributed by atoms with E-state index >= 15 is 0 Å². The first-order valence-corrected chi connectivity index (χ1v) is 11.4. The number of benzene rings is 2. The van der Waals surface area contributed by atoms with E-state index in [1.807, 2.05) is 30.3 Å². The summed E-state index contributed by atoms with van der Waals surface area (Å²) >= 11 is 0. The molecule has 0 saturated heterocycles. The molecule has 0 aliphatic carbocycles. The molecule has 0 aliphatic rings. The number of methoxy groups -OCH3 is 1. The largest absolute Gasteiger partial charge is 0.506 e. The van der Waals surface area contributed by atoms with Crippen molar-refractivity contribution in [3.8, 4) is 17.2 Å². The number of ether oxygens (including phenoxy) is 1. The highest BCUT2D eigenvalue weighted by Gasteiger charge is 2.10. The summed E-state index contributed by atoms with van der Waals surface area (Å²) in [7, 11) is 1.63. The van der Waals surface area contributed by atoms with Crippen LogP contribution >= 0.6 is 0 Å². The summed E-state index contributed by atoms with van der Waals surface area (Å²) in [6.07, 6.45) is 14.3. The van der Waals surface area contributed by atoms with Crippen molar-refractivity contribution in [3.63, 3.8) is 0 Å². The van der Waals surface area contributed by atoms with Crippen LogP contribution in [0.4, 0.5) is 0 Å². The fourth-order valence-corrected chi connectivity index (χ4v) is 3.84. The molecule has 30 heavy (non-hydrogen) atoms. The van der Waals surface area contributed by atoms with Crippen molar-refractivity contribution in [2.75, 3.05) is 7.11 Å². The van der Waals surface area contributed by atoms with Crippen molar-refractivity contribution in [2.24, 2.45) is 0 Å². The van der Waals surface area contributed by atoms with Gasteiger partial charge in [0.2, 0.25) is 0 Å². The minimum absolute atomic E-state index is 0.215. The van der Waals surface area contributed by atoms with Gasteiger partial charge >= 0.3 is 0 Å². The normalized spacial score (nSPS) is 11.3. The molecule has 2 aromatic carbocycles. The minimum Gasteiger partial charge on any atom is -0.506 e.